The van der Waals surface area contributed by atoms with Crippen LogP contribution in [-0.2, 0) is 10.0 Å². The Morgan fingerprint density at radius 3 is 2.73 bits per heavy atom. The third kappa shape index (κ3) is 3.08. The van der Waals surface area contributed by atoms with Gasteiger partial charge in [-0.15, -0.1) is 0 Å². The maximum atomic E-state index is 12.8. The zero-order valence-corrected chi connectivity index (χ0v) is 14.0. The highest BCUT2D eigenvalue weighted by atomic mass is 32.2. The third-order valence-electron chi connectivity index (χ3n) is 4.19. The number of nitrogens with one attached hydrogen (secondary N) is 1. The molecule has 2 aliphatic heterocycles. The Morgan fingerprint density at radius 1 is 1.32 bits per heavy atom. The van der Waals surface area contributed by atoms with Gasteiger partial charge in [0.15, 0.2) is 0 Å². The monoisotopic (exact) mass is 324 g/mol. The van der Waals surface area contributed by atoms with Gasteiger partial charge in [-0.3, -0.25) is 0 Å². The van der Waals surface area contributed by atoms with E-state index in [9.17, 15) is 8.42 Å². The highest BCUT2D eigenvalue weighted by molar-refractivity contribution is 7.89. The van der Waals surface area contributed by atoms with Gasteiger partial charge >= 0.3 is 0 Å². The molecule has 3 rings (SSSR count). The fourth-order valence-electron chi connectivity index (χ4n) is 3.28. The first-order valence-electron chi connectivity index (χ1n) is 8.00. The molecule has 0 amide bonds. The number of sulfonamides is 1. The molecule has 0 bridgehead atoms. The molecule has 1 N–H and O–H groups in total. The van der Waals surface area contributed by atoms with Crippen LogP contribution in [-0.4, -0.2) is 34.2 Å². The van der Waals surface area contributed by atoms with Gasteiger partial charge in [0.1, 0.15) is 17.3 Å². The van der Waals surface area contributed by atoms with E-state index in [-0.39, 0.29) is 6.04 Å². The number of hydrogen-bond donors (Lipinski definition) is 1. The van der Waals surface area contributed by atoms with Gasteiger partial charge in [-0.2, -0.15) is 0 Å². The van der Waals surface area contributed by atoms with Crippen molar-refractivity contribution in [3.05, 3.63) is 18.2 Å². The fourth-order valence-corrected chi connectivity index (χ4v) is 4.87. The first kappa shape index (κ1) is 15.6. The van der Waals surface area contributed by atoms with Crippen LogP contribution in [0.2, 0.25) is 0 Å². The van der Waals surface area contributed by atoms with Crippen molar-refractivity contribution in [1.29, 1.82) is 0 Å². The number of benzene rings is 1. The molecule has 1 aromatic carbocycles. The summed E-state index contributed by atoms with van der Waals surface area (Å²) in [5.41, 5.74) is 0.771. The van der Waals surface area contributed by atoms with Crippen LogP contribution < -0.4 is 14.4 Å². The second-order valence-electron chi connectivity index (χ2n) is 6.56. The van der Waals surface area contributed by atoms with Crippen molar-refractivity contribution in [2.24, 2.45) is 5.92 Å². The van der Waals surface area contributed by atoms with Crippen LogP contribution in [0.3, 0.4) is 0 Å². The van der Waals surface area contributed by atoms with Crippen molar-refractivity contribution in [3.8, 4) is 5.75 Å². The zero-order chi connectivity index (χ0) is 15.7. The quantitative estimate of drug-likeness (QED) is 0.927. The lowest BCUT2D eigenvalue weighted by atomic mass is 10.1. The average molecular weight is 324 g/mol. The molecule has 1 atom stereocenters. The summed E-state index contributed by atoms with van der Waals surface area (Å²) in [6.45, 7) is 6.36. The summed E-state index contributed by atoms with van der Waals surface area (Å²) in [6.07, 6.45) is 2.98. The minimum absolute atomic E-state index is 0.177. The van der Waals surface area contributed by atoms with Crippen LogP contribution in [0.15, 0.2) is 23.1 Å². The highest BCUT2D eigenvalue weighted by Gasteiger charge is 2.33. The standard InChI is InChI=1S/C16H24N2O3S/c1-12(2)10-13-11-21-15-7-5-6-14(18-8-3-4-9-18)16(15)22(19,20)17-13/h5-7,12-13,17H,3-4,8-11H2,1-2H3/t13-/m1/s1. The molecular weight excluding hydrogens is 300 g/mol. The Bertz CT molecular complexity index is 637. The van der Waals surface area contributed by atoms with Crippen LogP contribution in [0.1, 0.15) is 33.1 Å². The van der Waals surface area contributed by atoms with E-state index in [0.717, 1.165) is 38.0 Å². The summed E-state index contributed by atoms with van der Waals surface area (Å²) in [5.74, 6) is 0.888. The van der Waals surface area contributed by atoms with Crippen LogP contribution in [0, 0.1) is 5.92 Å². The van der Waals surface area contributed by atoms with E-state index in [2.05, 4.69) is 23.5 Å². The molecule has 0 aliphatic carbocycles. The molecule has 6 heteroatoms. The molecule has 22 heavy (non-hydrogen) atoms. The Hall–Kier alpha value is -1.27. The number of anilines is 1. The van der Waals surface area contributed by atoms with Crippen molar-refractivity contribution in [3.63, 3.8) is 0 Å². The lowest BCUT2D eigenvalue weighted by molar-refractivity contribution is 0.262. The summed E-state index contributed by atoms with van der Waals surface area (Å²) in [5, 5.41) is 0. The van der Waals surface area contributed by atoms with Crippen LogP contribution in [0.5, 0.6) is 5.75 Å². The summed E-state index contributed by atoms with van der Waals surface area (Å²) < 4.78 is 34.3. The highest BCUT2D eigenvalue weighted by Crippen LogP contribution is 2.37. The topological polar surface area (TPSA) is 58.6 Å². The Labute approximate surface area is 132 Å². The van der Waals surface area contributed by atoms with E-state index in [1.165, 1.54) is 0 Å². The number of fused-ring (bicyclic) bond motifs is 1. The number of ether oxygens (including phenoxy) is 1. The lowest BCUT2D eigenvalue weighted by Crippen LogP contribution is -2.38. The van der Waals surface area contributed by atoms with Gasteiger partial charge in [-0.05, 0) is 37.3 Å². The minimum Gasteiger partial charge on any atom is -0.490 e. The smallest absolute Gasteiger partial charge is 0.246 e. The molecule has 1 aromatic rings. The average Bonchev–Trinajstić information content (AvgIpc) is 2.93. The molecule has 0 aromatic heterocycles. The predicted octanol–water partition coefficient (Wildman–Crippen LogP) is 2.37. The van der Waals surface area contributed by atoms with Crippen molar-refractivity contribution in [2.45, 2.75) is 44.0 Å². The zero-order valence-electron chi connectivity index (χ0n) is 13.2. The Balaban J connectivity index is 1.99. The van der Waals surface area contributed by atoms with E-state index in [1.807, 2.05) is 12.1 Å². The Kier molecular flexibility index (Phi) is 4.32. The van der Waals surface area contributed by atoms with Gasteiger partial charge in [-0.25, -0.2) is 13.1 Å². The molecule has 1 saturated heterocycles. The maximum Gasteiger partial charge on any atom is 0.246 e. The molecular formula is C16H24N2O3S. The second-order valence-corrected chi connectivity index (χ2v) is 8.21. The van der Waals surface area contributed by atoms with E-state index < -0.39 is 10.0 Å². The summed E-state index contributed by atoms with van der Waals surface area (Å²) in [7, 11) is -3.56. The first-order valence-corrected chi connectivity index (χ1v) is 9.49. The first-order chi connectivity index (χ1) is 10.5. The van der Waals surface area contributed by atoms with Crippen molar-refractivity contribution >= 4 is 15.7 Å². The SMILES string of the molecule is CC(C)C[C@@H]1COc2cccc(N3CCCC3)c2S(=O)(=O)N1. The molecule has 1 fully saturated rings. The fraction of sp³-hybridized carbons (Fsp3) is 0.625. The number of hydrogen-bond acceptors (Lipinski definition) is 4. The van der Waals surface area contributed by atoms with Gasteiger partial charge < -0.3 is 9.64 Å². The van der Waals surface area contributed by atoms with Gasteiger partial charge in [0.2, 0.25) is 10.0 Å². The molecule has 0 radical (unpaired) electrons. The predicted molar refractivity (Wildman–Crippen MR) is 86.9 cm³/mol. The number of rotatable bonds is 3. The van der Waals surface area contributed by atoms with Gasteiger partial charge in [0, 0.05) is 13.1 Å². The largest absolute Gasteiger partial charge is 0.490 e. The molecule has 0 unspecified atom stereocenters. The van der Waals surface area contributed by atoms with Crippen LogP contribution in [0.25, 0.3) is 0 Å². The maximum absolute atomic E-state index is 12.8. The van der Waals surface area contributed by atoms with Gasteiger partial charge in [0.25, 0.3) is 0 Å². The molecule has 2 heterocycles. The summed E-state index contributed by atoms with van der Waals surface area (Å²) in [6, 6.07) is 5.34. The third-order valence-corrected chi connectivity index (χ3v) is 5.78. The summed E-state index contributed by atoms with van der Waals surface area (Å²) >= 11 is 0. The molecule has 2 aliphatic rings. The summed E-state index contributed by atoms with van der Waals surface area (Å²) in [4.78, 5) is 2.45. The van der Waals surface area contributed by atoms with Crippen molar-refractivity contribution in [1.82, 2.24) is 4.72 Å². The Morgan fingerprint density at radius 2 is 2.05 bits per heavy atom. The van der Waals surface area contributed by atoms with Crippen LogP contribution in [0.4, 0.5) is 5.69 Å². The molecule has 0 spiro atoms. The normalized spacial score (nSPS) is 24.0. The molecule has 0 saturated carbocycles. The van der Waals surface area contributed by atoms with Gasteiger partial charge in [-0.1, -0.05) is 19.9 Å². The van der Waals surface area contributed by atoms with Crippen molar-refractivity contribution < 1.29 is 13.2 Å². The number of nitrogens with zero attached hydrogens (tertiary/aromatic N) is 1. The van der Waals surface area contributed by atoms with Crippen LogP contribution >= 0.6 is 0 Å². The van der Waals surface area contributed by atoms with E-state index >= 15 is 0 Å². The van der Waals surface area contributed by atoms with E-state index in [4.69, 9.17) is 4.74 Å². The van der Waals surface area contributed by atoms with Crippen molar-refractivity contribution in [2.75, 3.05) is 24.6 Å². The van der Waals surface area contributed by atoms with E-state index in [1.54, 1.807) is 6.07 Å². The second kappa shape index (κ2) is 6.08. The van der Waals surface area contributed by atoms with E-state index in [0.29, 0.717) is 23.2 Å². The molecule has 5 nitrogen and oxygen atoms in total. The lowest BCUT2D eigenvalue weighted by Gasteiger charge is -2.22. The minimum atomic E-state index is -3.56. The van der Waals surface area contributed by atoms with Gasteiger partial charge in [0.05, 0.1) is 11.7 Å². The molecule has 122 valence electrons.